The van der Waals surface area contributed by atoms with Gasteiger partial charge in [-0.05, 0) is 58.8 Å². The molecule has 1 aliphatic carbocycles. The molecular weight excluding hydrogens is 300 g/mol. The fraction of sp³-hybridized carbons (Fsp3) is 0.545. The Morgan fingerprint density at radius 2 is 1.57 bits per heavy atom. The molecule has 0 bridgehead atoms. The Labute approximate surface area is 147 Å². The van der Waals surface area contributed by atoms with Gasteiger partial charge in [-0.25, -0.2) is 0 Å². The van der Waals surface area contributed by atoms with E-state index in [1.54, 1.807) is 0 Å². The summed E-state index contributed by atoms with van der Waals surface area (Å²) < 4.78 is 0. The van der Waals surface area contributed by atoms with Crippen LogP contribution in [0.3, 0.4) is 0 Å². The maximum Gasteiger partial charge on any atom is 0.0406 e. The van der Waals surface area contributed by atoms with Crippen LogP contribution in [0.25, 0.3) is 0 Å². The predicted octanol–water partition coefficient (Wildman–Crippen LogP) is 7.26. The van der Waals surface area contributed by atoms with Crippen LogP contribution in [0.15, 0.2) is 48.1 Å². The summed E-state index contributed by atoms with van der Waals surface area (Å²) >= 11 is 6.02. The summed E-state index contributed by atoms with van der Waals surface area (Å²) in [6.07, 6.45) is 8.43. The SMILES string of the molecule is CC(C)C(C)C1=CCC(C)(C(C)C(C)c2ccc(Cl)cc2)C=C1. The number of hydrogen-bond donors (Lipinski definition) is 0. The molecule has 0 aromatic heterocycles. The minimum absolute atomic E-state index is 0.221. The molecule has 0 saturated carbocycles. The van der Waals surface area contributed by atoms with Crippen molar-refractivity contribution in [2.75, 3.05) is 0 Å². The Morgan fingerprint density at radius 1 is 0.957 bits per heavy atom. The number of allylic oxidation sites excluding steroid dienone is 4. The van der Waals surface area contributed by atoms with Crippen LogP contribution in [0.2, 0.25) is 5.02 Å². The van der Waals surface area contributed by atoms with Crippen LogP contribution in [-0.4, -0.2) is 0 Å². The molecule has 2 rings (SSSR count). The molecule has 1 heteroatoms. The van der Waals surface area contributed by atoms with Crippen molar-refractivity contribution in [3.8, 4) is 0 Å². The number of rotatable bonds is 5. The summed E-state index contributed by atoms with van der Waals surface area (Å²) in [5.41, 5.74) is 3.10. The number of benzene rings is 1. The highest BCUT2D eigenvalue weighted by atomic mass is 35.5. The molecule has 0 radical (unpaired) electrons. The smallest absolute Gasteiger partial charge is 0.0406 e. The zero-order chi connectivity index (χ0) is 17.2. The summed E-state index contributed by atoms with van der Waals surface area (Å²) in [5.74, 6) is 2.42. The van der Waals surface area contributed by atoms with Gasteiger partial charge in [0.25, 0.3) is 0 Å². The van der Waals surface area contributed by atoms with E-state index in [9.17, 15) is 0 Å². The standard InChI is InChI=1S/C22H31Cl/c1-15(2)16(3)20-11-13-22(6,14-12-20)18(5)17(4)19-7-9-21(23)10-8-19/h7-13,15-18H,14H2,1-6H3. The third-order valence-electron chi connectivity index (χ3n) is 6.15. The first-order chi connectivity index (χ1) is 10.7. The quantitative estimate of drug-likeness (QED) is 0.532. The average Bonchev–Trinajstić information content (AvgIpc) is 2.54. The van der Waals surface area contributed by atoms with Gasteiger partial charge in [0.2, 0.25) is 0 Å². The van der Waals surface area contributed by atoms with E-state index in [-0.39, 0.29) is 5.41 Å². The molecule has 0 aliphatic heterocycles. The van der Waals surface area contributed by atoms with Gasteiger partial charge in [-0.15, -0.1) is 0 Å². The van der Waals surface area contributed by atoms with E-state index in [2.05, 4.69) is 71.9 Å². The second kappa shape index (κ2) is 7.26. The topological polar surface area (TPSA) is 0 Å². The van der Waals surface area contributed by atoms with Gasteiger partial charge < -0.3 is 0 Å². The van der Waals surface area contributed by atoms with E-state index >= 15 is 0 Å². The Morgan fingerprint density at radius 3 is 2.04 bits per heavy atom. The molecule has 126 valence electrons. The van der Waals surface area contributed by atoms with E-state index in [0.717, 1.165) is 11.4 Å². The van der Waals surface area contributed by atoms with Gasteiger partial charge in [-0.2, -0.15) is 0 Å². The molecule has 0 saturated heterocycles. The average molecular weight is 331 g/mol. The van der Waals surface area contributed by atoms with Crippen molar-refractivity contribution in [2.24, 2.45) is 23.2 Å². The van der Waals surface area contributed by atoms with Gasteiger partial charge in [-0.1, -0.05) is 83.5 Å². The lowest BCUT2D eigenvalue weighted by Crippen LogP contribution is -2.28. The lowest BCUT2D eigenvalue weighted by molar-refractivity contribution is 0.240. The van der Waals surface area contributed by atoms with Crippen LogP contribution in [-0.2, 0) is 0 Å². The van der Waals surface area contributed by atoms with Gasteiger partial charge >= 0.3 is 0 Å². The van der Waals surface area contributed by atoms with Crippen LogP contribution in [0.5, 0.6) is 0 Å². The van der Waals surface area contributed by atoms with Gasteiger partial charge in [0.15, 0.2) is 0 Å². The van der Waals surface area contributed by atoms with Crippen LogP contribution in [0.4, 0.5) is 0 Å². The van der Waals surface area contributed by atoms with Gasteiger partial charge in [-0.3, -0.25) is 0 Å². The molecule has 1 aliphatic rings. The Kier molecular flexibility index (Phi) is 5.79. The maximum atomic E-state index is 6.02. The first-order valence-electron chi connectivity index (χ1n) is 8.89. The van der Waals surface area contributed by atoms with E-state index < -0.39 is 0 Å². The molecule has 1 aromatic rings. The van der Waals surface area contributed by atoms with Crippen molar-refractivity contribution in [2.45, 2.75) is 53.9 Å². The monoisotopic (exact) mass is 330 g/mol. The predicted molar refractivity (Wildman–Crippen MR) is 103 cm³/mol. The zero-order valence-corrected chi connectivity index (χ0v) is 16.2. The number of halogens is 1. The van der Waals surface area contributed by atoms with Crippen LogP contribution >= 0.6 is 11.6 Å². The molecule has 4 unspecified atom stereocenters. The lowest BCUT2D eigenvalue weighted by atomic mass is 9.66. The summed E-state index contributed by atoms with van der Waals surface area (Å²) in [4.78, 5) is 0. The molecule has 0 N–H and O–H groups in total. The van der Waals surface area contributed by atoms with Gasteiger partial charge in [0.1, 0.15) is 0 Å². The summed E-state index contributed by atoms with van der Waals surface area (Å²) in [6, 6.07) is 8.34. The third kappa shape index (κ3) is 4.10. The van der Waals surface area contributed by atoms with E-state index in [4.69, 9.17) is 11.6 Å². The molecule has 0 fully saturated rings. The highest BCUT2D eigenvalue weighted by Gasteiger charge is 2.34. The highest BCUT2D eigenvalue weighted by molar-refractivity contribution is 6.30. The molecule has 0 heterocycles. The fourth-order valence-corrected chi connectivity index (χ4v) is 3.57. The largest absolute Gasteiger partial charge is 0.0843 e. The van der Waals surface area contributed by atoms with Crippen molar-refractivity contribution in [3.05, 3.63) is 58.7 Å². The van der Waals surface area contributed by atoms with E-state index in [0.29, 0.717) is 23.7 Å². The zero-order valence-electron chi connectivity index (χ0n) is 15.4. The van der Waals surface area contributed by atoms with Crippen molar-refractivity contribution in [1.82, 2.24) is 0 Å². The molecular formula is C22H31Cl. The minimum Gasteiger partial charge on any atom is -0.0843 e. The Balaban J connectivity index is 2.12. The number of hydrogen-bond acceptors (Lipinski definition) is 0. The fourth-order valence-electron chi connectivity index (χ4n) is 3.45. The molecule has 0 spiro atoms. The summed E-state index contributed by atoms with van der Waals surface area (Å²) in [6.45, 7) is 14.1. The Bertz CT molecular complexity index is 578. The highest BCUT2D eigenvalue weighted by Crippen LogP contribution is 2.45. The van der Waals surface area contributed by atoms with Gasteiger partial charge in [0, 0.05) is 5.02 Å². The molecule has 23 heavy (non-hydrogen) atoms. The minimum atomic E-state index is 0.221. The first kappa shape index (κ1) is 18.3. The molecule has 1 aromatic carbocycles. The van der Waals surface area contributed by atoms with Gasteiger partial charge in [0.05, 0.1) is 0 Å². The van der Waals surface area contributed by atoms with Crippen molar-refractivity contribution >= 4 is 11.6 Å². The first-order valence-corrected chi connectivity index (χ1v) is 9.27. The summed E-state index contributed by atoms with van der Waals surface area (Å²) in [5, 5.41) is 0.813. The maximum absolute atomic E-state index is 6.02. The van der Waals surface area contributed by atoms with E-state index in [1.807, 2.05) is 12.1 Å². The Hall–Kier alpha value is -1.01. The molecule has 4 atom stereocenters. The summed E-state index contributed by atoms with van der Waals surface area (Å²) in [7, 11) is 0. The third-order valence-corrected chi connectivity index (χ3v) is 6.40. The second-order valence-electron chi connectivity index (χ2n) is 7.91. The molecule has 0 amide bonds. The second-order valence-corrected chi connectivity index (χ2v) is 8.35. The van der Waals surface area contributed by atoms with Crippen LogP contribution in [0, 0.1) is 23.2 Å². The van der Waals surface area contributed by atoms with Crippen LogP contribution in [0.1, 0.15) is 59.4 Å². The lowest BCUT2D eigenvalue weighted by Gasteiger charge is -2.39. The van der Waals surface area contributed by atoms with E-state index in [1.165, 1.54) is 11.1 Å². The van der Waals surface area contributed by atoms with Crippen LogP contribution < -0.4 is 0 Å². The molecule has 0 nitrogen and oxygen atoms in total. The normalized spacial score (nSPS) is 25.1. The van der Waals surface area contributed by atoms with Crippen molar-refractivity contribution < 1.29 is 0 Å². The van der Waals surface area contributed by atoms with Crippen molar-refractivity contribution in [3.63, 3.8) is 0 Å². The van der Waals surface area contributed by atoms with Crippen molar-refractivity contribution in [1.29, 1.82) is 0 Å².